The van der Waals surface area contributed by atoms with E-state index in [1.54, 1.807) is 13.8 Å². The second-order valence-electron chi connectivity index (χ2n) is 8.44. The van der Waals surface area contributed by atoms with Crippen LogP contribution in [0.2, 0.25) is 0 Å². The van der Waals surface area contributed by atoms with Crippen LogP contribution in [0.4, 0.5) is 5.69 Å². The van der Waals surface area contributed by atoms with Crippen LogP contribution in [0.3, 0.4) is 0 Å². The van der Waals surface area contributed by atoms with Gasteiger partial charge in [0.05, 0.1) is 17.7 Å². The lowest BCUT2D eigenvalue weighted by molar-refractivity contribution is -0.119. The van der Waals surface area contributed by atoms with Gasteiger partial charge in [-0.05, 0) is 68.7 Å². The number of benzene rings is 2. The van der Waals surface area contributed by atoms with Gasteiger partial charge in [0.15, 0.2) is 11.5 Å². The second kappa shape index (κ2) is 8.34. The van der Waals surface area contributed by atoms with Gasteiger partial charge in [-0.3, -0.25) is 14.5 Å². The second-order valence-corrected chi connectivity index (χ2v) is 8.44. The molecule has 3 rings (SSSR count). The Morgan fingerprint density at radius 3 is 2.23 bits per heavy atom. The third kappa shape index (κ3) is 4.11. The van der Waals surface area contributed by atoms with Gasteiger partial charge in [-0.25, -0.2) is 0 Å². The van der Waals surface area contributed by atoms with Crippen molar-refractivity contribution in [2.24, 2.45) is 5.92 Å². The Morgan fingerprint density at radius 2 is 1.67 bits per heavy atom. The Kier molecular flexibility index (Phi) is 6.01. The molecule has 0 fully saturated rings. The first-order chi connectivity index (χ1) is 14.1. The fourth-order valence-electron chi connectivity index (χ4n) is 3.87. The summed E-state index contributed by atoms with van der Waals surface area (Å²) >= 11 is 0. The van der Waals surface area contributed by atoms with Crippen molar-refractivity contribution in [3.8, 4) is 5.75 Å². The number of anilines is 1. The molecule has 2 aromatic rings. The van der Waals surface area contributed by atoms with Gasteiger partial charge in [0.2, 0.25) is 0 Å². The zero-order valence-electron chi connectivity index (χ0n) is 18.4. The molecule has 2 aromatic carbocycles. The number of aryl methyl sites for hydroxylation is 2. The molecule has 0 saturated heterocycles. The van der Waals surface area contributed by atoms with Gasteiger partial charge >= 0.3 is 0 Å². The van der Waals surface area contributed by atoms with Crippen molar-refractivity contribution in [2.45, 2.75) is 53.7 Å². The quantitative estimate of drug-likeness (QED) is 0.713. The van der Waals surface area contributed by atoms with Crippen LogP contribution < -0.4 is 9.64 Å². The molecule has 0 saturated carbocycles. The number of aliphatic hydroxyl groups excluding tert-OH is 1. The lowest BCUT2D eigenvalue weighted by Gasteiger charge is -2.28. The van der Waals surface area contributed by atoms with Crippen LogP contribution in [0.25, 0.3) is 0 Å². The minimum Gasteiger partial charge on any atom is -0.503 e. The lowest BCUT2D eigenvalue weighted by atomic mass is 9.91. The summed E-state index contributed by atoms with van der Waals surface area (Å²) in [5.41, 5.74) is 3.49. The number of ketones is 1. The molecule has 158 valence electrons. The third-order valence-electron chi connectivity index (χ3n) is 5.03. The molecule has 5 nitrogen and oxygen atoms in total. The summed E-state index contributed by atoms with van der Waals surface area (Å²) in [5, 5.41) is 10.7. The number of hydrogen-bond donors (Lipinski definition) is 1. The summed E-state index contributed by atoms with van der Waals surface area (Å²) in [6, 6.07) is 12.4. The van der Waals surface area contributed by atoms with E-state index in [0.29, 0.717) is 17.0 Å². The summed E-state index contributed by atoms with van der Waals surface area (Å²) in [5.74, 6) is -0.991. The van der Waals surface area contributed by atoms with E-state index in [-0.39, 0.29) is 23.4 Å². The van der Waals surface area contributed by atoms with Gasteiger partial charge in [0, 0.05) is 11.6 Å². The summed E-state index contributed by atoms with van der Waals surface area (Å²) in [6.45, 7) is 11.3. The number of carbonyl (C=O) groups is 2. The van der Waals surface area contributed by atoms with Gasteiger partial charge in [-0.1, -0.05) is 32.0 Å². The van der Waals surface area contributed by atoms with Crippen LogP contribution in [0.15, 0.2) is 53.8 Å². The van der Waals surface area contributed by atoms with E-state index < -0.39 is 17.7 Å². The van der Waals surface area contributed by atoms with E-state index >= 15 is 0 Å². The molecule has 0 spiro atoms. The minimum absolute atomic E-state index is 0.0123. The predicted molar refractivity (Wildman–Crippen MR) is 118 cm³/mol. The highest BCUT2D eigenvalue weighted by Crippen LogP contribution is 2.43. The highest BCUT2D eigenvalue weighted by molar-refractivity contribution is 6.16. The molecule has 1 heterocycles. The molecule has 0 aliphatic carbocycles. The smallest absolute Gasteiger partial charge is 0.294 e. The first-order valence-corrected chi connectivity index (χ1v) is 10.3. The molecule has 30 heavy (non-hydrogen) atoms. The minimum atomic E-state index is -0.718. The molecule has 0 bridgehead atoms. The number of amides is 1. The fourth-order valence-corrected chi connectivity index (χ4v) is 3.87. The number of rotatable bonds is 6. The molecule has 5 heteroatoms. The van der Waals surface area contributed by atoms with Crippen LogP contribution in [-0.2, 0) is 9.59 Å². The van der Waals surface area contributed by atoms with Crippen molar-refractivity contribution in [3.05, 3.63) is 70.5 Å². The Balaban J connectivity index is 2.20. The van der Waals surface area contributed by atoms with Crippen molar-refractivity contribution in [2.75, 3.05) is 4.90 Å². The highest BCUT2D eigenvalue weighted by atomic mass is 16.5. The Morgan fingerprint density at radius 1 is 1.03 bits per heavy atom. The van der Waals surface area contributed by atoms with Gasteiger partial charge in [-0.15, -0.1) is 0 Å². The first-order valence-electron chi connectivity index (χ1n) is 10.3. The largest absolute Gasteiger partial charge is 0.503 e. The van der Waals surface area contributed by atoms with E-state index in [2.05, 4.69) is 0 Å². The van der Waals surface area contributed by atoms with Crippen LogP contribution in [0.5, 0.6) is 5.75 Å². The zero-order chi connectivity index (χ0) is 22.2. The summed E-state index contributed by atoms with van der Waals surface area (Å²) in [4.78, 5) is 27.7. The number of hydrogen-bond acceptors (Lipinski definition) is 4. The van der Waals surface area contributed by atoms with Crippen LogP contribution in [0.1, 0.15) is 50.4 Å². The Hall–Kier alpha value is -3.08. The average Bonchev–Trinajstić information content (AvgIpc) is 2.91. The normalized spacial score (nSPS) is 16.7. The lowest BCUT2D eigenvalue weighted by Crippen LogP contribution is -2.31. The van der Waals surface area contributed by atoms with Crippen molar-refractivity contribution < 1.29 is 19.4 Å². The Labute approximate surface area is 178 Å². The van der Waals surface area contributed by atoms with E-state index in [1.807, 2.05) is 70.2 Å². The van der Waals surface area contributed by atoms with Crippen molar-refractivity contribution in [3.63, 3.8) is 0 Å². The standard InChI is InChI=1S/C25H29NO4/c1-14(2)23(27)21-22(18-8-7-9-20(13-18)30-15(3)4)26(25(29)24(21)28)19-11-16(5)10-17(6)12-19/h7-15,22,28H,1-6H3. The summed E-state index contributed by atoms with van der Waals surface area (Å²) in [6.07, 6.45) is -0.0123. The van der Waals surface area contributed by atoms with Gasteiger partial charge in [0.25, 0.3) is 5.91 Å². The molecule has 0 aromatic heterocycles. The molecule has 1 N–H and O–H groups in total. The monoisotopic (exact) mass is 407 g/mol. The van der Waals surface area contributed by atoms with Crippen molar-refractivity contribution in [1.29, 1.82) is 0 Å². The number of nitrogens with zero attached hydrogens (tertiary/aromatic N) is 1. The summed E-state index contributed by atoms with van der Waals surface area (Å²) in [7, 11) is 0. The van der Waals surface area contributed by atoms with E-state index in [1.165, 1.54) is 4.90 Å². The maximum atomic E-state index is 13.1. The molecule has 1 unspecified atom stereocenters. The number of carbonyl (C=O) groups excluding carboxylic acids is 2. The maximum Gasteiger partial charge on any atom is 0.294 e. The number of Topliss-reactive ketones (excluding diaryl/α,β-unsaturated/α-hetero) is 1. The molecule has 0 radical (unpaired) electrons. The summed E-state index contributed by atoms with van der Waals surface area (Å²) < 4.78 is 5.82. The zero-order valence-corrected chi connectivity index (χ0v) is 18.4. The van der Waals surface area contributed by atoms with E-state index in [4.69, 9.17) is 4.74 Å². The van der Waals surface area contributed by atoms with Crippen LogP contribution in [0, 0.1) is 19.8 Å². The van der Waals surface area contributed by atoms with Crippen molar-refractivity contribution in [1.82, 2.24) is 0 Å². The first kappa shape index (κ1) is 21.6. The van der Waals surface area contributed by atoms with Crippen LogP contribution >= 0.6 is 0 Å². The maximum absolute atomic E-state index is 13.1. The van der Waals surface area contributed by atoms with Gasteiger partial charge < -0.3 is 9.84 Å². The molecule has 1 aliphatic heterocycles. The topological polar surface area (TPSA) is 66.8 Å². The van der Waals surface area contributed by atoms with Gasteiger partial charge in [0.1, 0.15) is 5.75 Å². The van der Waals surface area contributed by atoms with E-state index in [9.17, 15) is 14.7 Å². The predicted octanol–water partition coefficient (Wildman–Crippen LogP) is 5.22. The highest BCUT2D eigenvalue weighted by Gasteiger charge is 2.45. The third-order valence-corrected chi connectivity index (χ3v) is 5.03. The number of ether oxygens (including phenoxy) is 1. The van der Waals surface area contributed by atoms with Crippen molar-refractivity contribution >= 4 is 17.4 Å². The molecule has 1 amide bonds. The molecular formula is C25H29NO4. The average molecular weight is 408 g/mol. The fraction of sp³-hybridized carbons (Fsp3) is 0.360. The molecule has 1 atom stereocenters. The molecule has 1 aliphatic rings. The molecular weight excluding hydrogens is 378 g/mol. The SMILES string of the molecule is Cc1cc(C)cc(N2C(=O)C(O)=C(C(=O)C(C)C)C2c2cccc(OC(C)C)c2)c1. The Bertz CT molecular complexity index is 999. The van der Waals surface area contributed by atoms with Crippen LogP contribution in [-0.4, -0.2) is 22.9 Å². The van der Waals surface area contributed by atoms with Gasteiger partial charge in [-0.2, -0.15) is 0 Å². The number of aliphatic hydroxyl groups is 1. The van der Waals surface area contributed by atoms with E-state index in [0.717, 1.165) is 11.1 Å².